The minimum absolute atomic E-state index is 0.260. The summed E-state index contributed by atoms with van der Waals surface area (Å²) in [6, 6.07) is 17.1. The molecule has 20 heavy (non-hydrogen) atoms. The lowest BCUT2D eigenvalue weighted by atomic mass is 10.0. The van der Waals surface area contributed by atoms with Gasteiger partial charge in [-0.15, -0.1) is 0 Å². The Kier molecular flexibility index (Phi) is 4.09. The molecule has 1 fully saturated rings. The maximum absolute atomic E-state index is 6.25. The van der Waals surface area contributed by atoms with Gasteiger partial charge < -0.3 is 5.32 Å². The minimum Gasteiger partial charge on any atom is -0.306 e. The molecule has 0 amide bonds. The SMILES string of the molecule is C[C@H](NCc1ccccc1C1CC1)c1ccccc1Cl. The van der Waals surface area contributed by atoms with Gasteiger partial charge in [0.05, 0.1) is 0 Å². The normalized spacial score (nSPS) is 16.1. The molecule has 0 aromatic heterocycles. The average molecular weight is 286 g/mol. The summed E-state index contributed by atoms with van der Waals surface area (Å²) in [6.07, 6.45) is 2.69. The number of hydrogen-bond donors (Lipinski definition) is 1. The molecule has 0 saturated heterocycles. The lowest BCUT2D eigenvalue weighted by Crippen LogP contribution is -2.19. The van der Waals surface area contributed by atoms with Gasteiger partial charge in [0, 0.05) is 17.6 Å². The highest BCUT2D eigenvalue weighted by Gasteiger charge is 2.25. The highest BCUT2D eigenvalue weighted by atomic mass is 35.5. The lowest BCUT2D eigenvalue weighted by molar-refractivity contribution is 0.572. The van der Waals surface area contributed by atoms with Crippen LogP contribution in [0, 0.1) is 0 Å². The first kappa shape index (κ1) is 13.7. The van der Waals surface area contributed by atoms with E-state index in [-0.39, 0.29) is 6.04 Å². The molecule has 2 heteroatoms. The quantitative estimate of drug-likeness (QED) is 0.809. The van der Waals surface area contributed by atoms with Crippen molar-refractivity contribution in [3.63, 3.8) is 0 Å². The van der Waals surface area contributed by atoms with Crippen LogP contribution in [0.4, 0.5) is 0 Å². The second-order valence-electron chi connectivity index (χ2n) is 5.60. The van der Waals surface area contributed by atoms with Crippen LogP contribution in [0.2, 0.25) is 5.02 Å². The number of rotatable bonds is 5. The highest BCUT2D eigenvalue weighted by molar-refractivity contribution is 6.31. The van der Waals surface area contributed by atoms with E-state index in [0.29, 0.717) is 0 Å². The van der Waals surface area contributed by atoms with E-state index >= 15 is 0 Å². The Bertz CT molecular complexity index is 589. The van der Waals surface area contributed by atoms with Crippen molar-refractivity contribution in [2.75, 3.05) is 0 Å². The van der Waals surface area contributed by atoms with E-state index in [1.807, 2.05) is 18.2 Å². The van der Waals surface area contributed by atoms with E-state index in [0.717, 1.165) is 23.0 Å². The molecule has 0 aliphatic heterocycles. The number of hydrogen-bond acceptors (Lipinski definition) is 1. The number of halogens is 1. The Labute approximate surface area is 126 Å². The standard InChI is InChI=1S/C18H20ClN/c1-13(16-7-4-5-9-18(16)19)20-12-15-6-2-3-8-17(15)14-10-11-14/h2-9,13-14,20H,10-12H2,1H3/t13-/m0/s1. The van der Waals surface area contributed by atoms with Gasteiger partial charge in [-0.3, -0.25) is 0 Å². The zero-order chi connectivity index (χ0) is 13.9. The molecular formula is C18H20ClN. The fourth-order valence-corrected chi connectivity index (χ4v) is 2.99. The zero-order valence-corrected chi connectivity index (χ0v) is 12.5. The van der Waals surface area contributed by atoms with Crippen LogP contribution >= 0.6 is 11.6 Å². The van der Waals surface area contributed by atoms with Gasteiger partial charge in [-0.1, -0.05) is 54.1 Å². The molecule has 0 bridgehead atoms. The van der Waals surface area contributed by atoms with Crippen molar-refractivity contribution in [2.45, 2.75) is 38.3 Å². The first-order chi connectivity index (χ1) is 9.75. The molecular weight excluding hydrogens is 266 g/mol. The Balaban J connectivity index is 1.69. The first-order valence-electron chi connectivity index (χ1n) is 7.31. The van der Waals surface area contributed by atoms with Crippen molar-refractivity contribution in [1.29, 1.82) is 0 Å². The van der Waals surface area contributed by atoms with Crippen molar-refractivity contribution in [3.8, 4) is 0 Å². The zero-order valence-electron chi connectivity index (χ0n) is 11.8. The molecule has 2 aromatic rings. The molecule has 0 spiro atoms. The largest absolute Gasteiger partial charge is 0.306 e. The molecule has 1 aliphatic carbocycles. The number of benzene rings is 2. The van der Waals surface area contributed by atoms with Gasteiger partial charge in [-0.25, -0.2) is 0 Å². The smallest absolute Gasteiger partial charge is 0.0453 e. The summed E-state index contributed by atoms with van der Waals surface area (Å²) in [5.74, 6) is 0.795. The monoisotopic (exact) mass is 285 g/mol. The van der Waals surface area contributed by atoms with Crippen LogP contribution in [0.3, 0.4) is 0 Å². The summed E-state index contributed by atoms with van der Waals surface area (Å²) in [5, 5.41) is 4.43. The third-order valence-electron chi connectivity index (χ3n) is 4.04. The summed E-state index contributed by atoms with van der Waals surface area (Å²) in [7, 11) is 0. The molecule has 1 aliphatic rings. The van der Waals surface area contributed by atoms with Crippen LogP contribution < -0.4 is 5.32 Å². The molecule has 0 radical (unpaired) electrons. The Morgan fingerprint density at radius 2 is 1.80 bits per heavy atom. The summed E-state index contributed by atoms with van der Waals surface area (Å²) in [4.78, 5) is 0. The third kappa shape index (κ3) is 3.05. The highest BCUT2D eigenvalue weighted by Crippen LogP contribution is 2.41. The van der Waals surface area contributed by atoms with Crippen LogP contribution in [-0.4, -0.2) is 0 Å². The van der Waals surface area contributed by atoms with Crippen LogP contribution in [0.5, 0.6) is 0 Å². The van der Waals surface area contributed by atoms with Crippen LogP contribution in [0.15, 0.2) is 48.5 Å². The average Bonchev–Trinajstić information content (AvgIpc) is 3.30. The van der Waals surface area contributed by atoms with E-state index in [1.54, 1.807) is 0 Å². The van der Waals surface area contributed by atoms with Crippen molar-refractivity contribution < 1.29 is 0 Å². The van der Waals surface area contributed by atoms with Crippen molar-refractivity contribution >= 4 is 11.6 Å². The Morgan fingerprint density at radius 1 is 1.10 bits per heavy atom. The predicted octanol–water partition coefficient (Wildman–Crippen LogP) is 5.07. The molecule has 0 unspecified atom stereocenters. The van der Waals surface area contributed by atoms with Gasteiger partial charge in [-0.05, 0) is 48.4 Å². The summed E-state index contributed by atoms with van der Waals surface area (Å²) < 4.78 is 0. The van der Waals surface area contributed by atoms with Gasteiger partial charge >= 0.3 is 0 Å². The fraction of sp³-hybridized carbons (Fsp3) is 0.333. The molecule has 1 N–H and O–H groups in total. The Hall–Kier alpha value is -1.31. The van der Waals surface area contributed by atoms with Gasteiger partial charge in [0.25, 0.3) is 0 Å². The molecule has 0 heterocycles. The molecule has 3 rings (SSSR count). The van der Waals surface area contributed by atoms with Crippen molar-refractivity contribution in [3.05, 3.63) is 70.2 Å². The molecule has 2 aromatic carbocycles. The summed E-state index contributed by atoms with van der Waals surface area (Å²) in [5.41, 5.74) is 4.11. The van der Waals surface area contributed by atoms with Gasteiger partial charge in [0.15, 0.2) is 0 Å². The van der Waals surface area contributed by atoms with E-state index in [4.69, 9.17) is 11.6 Å². The van der Waals surface area contributed by atoms with Gasteiger partial charge in [0.2, 0.25) is 0 Å². The van der Waals surface area contributed by atoms with Gasteiger partial charge in [-0.2, -0.15) is 0 Å². The van der Waals surface area contributed by atoms with Crippen molar-refractivity contribution in [2.24, 2.45) is 0 Å². The molecule has 104 valence electrons. The van der Waals surface area contributed by atoms with Crippen molar-refractivity contribution in [1.82, 2.24) is 5.32 Å². The maximum atomic E-state index is 6.25. The second-order valence-corrected chi connectivity index (χ2v) is 6.00. The second kappa shape index (κ2) is 5.99. The molecule has 1 atom stereocenters. The predicted molar refractivity (Wildman–Crippen MR) is 85.1 cm³/mol. The fourth-order valence-electron chi connectivity index (χ4n) is 2.69. The topological polar surface area (TPSA) is 12.0 Å². The van der Waals surface area contributed by atoms with Crippen LogP contribution in [0.25, 0.3) is 0 Å². The summed E-state index contributed by atoms with van der Waals surface area (Å²) >= 11 is 6.25. The Morgan fingerprint density at radius 3 is 2.55 bits per heavy atom. The van der Waals surface area contributed by atoms with E-state index in [1.165, 1.54) is 24.0 Å². The van der Waals surface area contributed by atoms with Crippen LogP contribution in [-0.2, 0) is 6.54 Å². The molecule has 1 saturated carbocycles. The van der Waals surface area contributed by atoms with E-state index < -0.39 is 0 Å². The maximum Gasteiger partial charge on any atom is 0.0453 e. The van der Waals surface area contributed by atoms with Crippen LogP contribution in [0.1, 0.15) is 48.4 Å². The summed E-state index contributed by atoms with van der Waals surface area (Å²) in [6.45, 7) is 3.07. The van der Waals surface area contributed by atoms with Gasteiger partial charge in [0.1, 0.15) is 0 Å². The van der Waals surface area contributed by atoms with E-state index in [2.05, 4.69) is 42.6 Å². The third-order valence-corrected chi connectivity index (χ3v) is 4.39. The van der Waals surface area contributed by atoms with E-state index in [9.17, 15) is 0 Å². The molecule has 1 nitrogen and oxygen atoms in total. The lowest BCUT2D eigenvalue weighted by Gasteiger charge is -2.17. The minimum atomic E-state index is 0.260. The first-order valence-corrected chi connectivity index (χ1v) is 7.69. The number of nitrogens with one attached hydrogen (secondary N) is 1.